The van der Waals surface area contributed by atoms with Crippen LogP contribution in [0, 0.1) is 0 Å². The molecule has 0 aliphatic heterocycles. The van der Waals surface area contributed by atoms with E-state index in [4.69, 9.17) is 5.11 Å². The standard InChI is InChI=1S/C10H8F5NO3/c1-19-7(18)3-5-4(9(11)12)2-6(17)8(16-5)10(13,14)15/h2,9,17H,3H2,1H3. The van der Waals surface area contributed by atoms with E-state index < -0.39 is 47.7 Å². The predicted molar refractivity (Wildman–Crippen MR) is 51.6 cm³/mol. The summed E-state index contributed by atoms with van der Waals surface area (Å²) in [5, 5.41) is 9.06. The Bertz CT molecular complexity index is 487. The maximum absolute atomic E-state index is 12.6. The summed E-state index contributed by atoms with van der Waals surface area (Å²) in [5.41, 5.74) is -3.46. The Balaban J connectivity index is 3.35. The topological polar surface area (TPSA) is 59.4 Å². The summed E-state index contributed by atoms with van der Waals surface area (Å²) in [6.07, 6.45) is -9.05. The van der Waals surface area contributed by atoms with Gasteiger partial charge in [0.25, 0.3) is 6.43 Å². The van der Waals surface area contributed by atoms with E-state index in [0.717, 1.165) is 7.11 Å². The number of pyridine rings is 1. The van der Waals surface area contributed by atoms with Gasteiger partial charge in [-0.15, -0.1) is 0 Å². The SMILES string of the molecule is COC(=O)Cc1nc(C(F)(F)F)c(O)cc1C(F)F. The molecular weight excluding hydrogens is 277 g/mol. The second-order valence-electron chi connectivity index (χ2n) is 3.44. The average Bonchev–Trinajstić information content (AvgIpc) is 2.28. The Hall–Kier alpha value is -1.93. The highest BCUT2D eigenvalue weighted by molar-refractivity contribution is 5.72. The van der Waals surface area contributed by atoms with Crippen molar-refractivity contribution in [2.24, 2.45) is 0 Å². The summed E-state index contributed by atoms with van der Waals surface area (Å²) in [5.74, 6) is -2.44. The van der Waals surface area contributed by atoms with Crippen molar-refractivity contribution in [3.05, 3.63) is 23.0 Å². The quantitative estimate of drug-likeness (QED) is 0.684. The Morgan fingerprint density at radius 3 is 2.47 bits per heavy atom. The van der Waals surface area contributed by atoms with E-state index in [9.17, 15) is 26.7 Å². The van der Waals surface area contributed by atoms with E-state index in [1.165, 1.54) is 0 Å². The zero-order chi connectivity index (χ0) is 14.8. The van der Waals surface area contributed by atoms with Crippen LogP contribution in [0.1, 0.15) is 23.4 Å². The fourth-order valence-electron chi connectivity index (χ4n) is 1.30. The summed E-state index contributed by atoms with van der Waals surface area (Å²) >= 11 is 0. The molecule has 0 aliphatic rings. The van der Waals surface area contributed by atoms with E-state index in [0.29, 0.717) is 0 Å². The Labute approximate surface area is 103 Å². The number of aromatic hydroxyl groups is 1. The molecule has 0 radical (unpaired) electrons. The fraction of sp³-hybridized carbons (Fsp3) is 0.400. The van der Waals surface area contributed by atoms with Crippen LogP contribution in [0.15, 0.2) is 6.07 Å². The number of hydrogen-bond acceptors (Lipinski definition) is 4. The largest absolute Gasteiger partial charge is 0.506 e. The van der Waals surface area contributed by atoms with Crippen LogP contribution in [0.5, 0.6) is 5.75 Å². The molecule has 0 unspecified atom stereocenters. The summed E-state index contributed by atoms with van der Waals surface area (Å²) < 4.78 is 66.8. The molecule has 0 atom stereocenters. The maximum Gasteiger partial charge on any atom is 0.437 e. The third kappa shape index (κ3) is 3.52. The summed E-state index contributed by atoms with van der Waals surface area (Å²) in [7, 11) is 0.954. The molecule has 0 saturated carbocycles. The van der Waals surface area contributed by atoms with Gasteiger partial charge in [0.2, 0.25) is 0 Å². The highest BCUT2D eigenvalue weighted by Crippen LogP contribution is 2.37. The highest BCUT2D eigenvalue weighted by Gasteiger charge is 2.37. The van der Waals surface area contributed by atoms with Gasteiger partial charge in [-0.1, -0.05) is 0 Å². The molecule has 19 heavy (non-hydrogen) atoms. The number of carbonyl (C=O) groups is 1. The van der Waals surface area contributed by atoms with Crippen LogP contribution in [0.25, 0.3) is 0 Å². The van der Waals surface area contributed by atoms with Crippen molar-refractivity contribution in [2.45, 2.75) is 19.0 Å². The first-order valence-electron chi connectivity index (χ1n) is 4.81. The zero-order valence-corrected chi connectivity index (χ0v) is 9.46. The summed E-state index contributed by atoms with van der Waals surface area (Å²) in [4.78, 5) is 13.8. The molecule has 1 heterocycles. The van der Waals surface area contributed by atoms with Gasteiger partial charge in [-0.05, 0) is 6.07 Å². The number of esters is 1. The molecule has 1 N–H and O–H groups in total. The first-order chi connectivity index (χ1) is 8.66. The molecule has 9 heteroatoms. The van der Waals surface area contributed by atoms with Crippen molar-refractivity contribution < 1.29 is 36.6 Å². The van der Waals surface area contributed by atoms with Crippen molar-refractivity contribution in [3.8, 4) is 5.75 Å². The highest BCUT2D eigenvalue weighted by atomic mass is 19.4. The van der Waals surface area contributed by atoms with Crippen LogP contribution in [0.3, 0.4) is 0 Å². The number of methoxy groups -OCH3 is 1. The number of hydrogen-bond donors (Lipinski definition) is 1. The molecule has 106 valence electrons. The molecule has 0 saturated heterocycles. The minimum Gasteiger partial charge on any atom is -0.506 e. The van der Waals surface area contributed by atoms with Crippen LogP contribution in [0.4, 0.5) is 22.0 Å². The van der Waals surface area contributed by atoms with Crippen molar-refractivity contribution >= 4 is 5.97 Å². The predicted octanol–water partition coefficient (Wildman–Crippen LogP) is 2.46. The van der Waals surface area contributed by atoms with Crippen LogP contribution < -0.4 is 0 Å². The second kappa shape index (κ2) is 5.37. The number of aromatic nitrogens is 1. The van der Waals surface area contributed by atoms with Crippen molar-refractivity contribution in [3.63, 3.8) is 0 Å². The molecule has 1 rings (SSSR count). The molecule has 0 aliphatic carbocycles. The minimum absolute atomic E-state index is 0.249. The van der Waals surface area contributed by atoms with Gasteiger partial charge in [0, 0.05) is 5.56 Å². The maximum atomic E-state index is 12.6. The number of carbonyl (C=O) groups excluding carboxylic acids is 1. The molecule has 4 nitrogen and oxygen atoms in total. The molecule has 0 spiro atoms. The van der Waals surface area contributed by atoms with Crippen molar-refractivity contribution in [1.29, 1.82) is 0 Å². The van der Waals surface area contributed by atoms with Gasteiger partial charge < -0.3 is 9.84 Å². The number of rotatable bonds is 3. The van der Waals surface area contributed by atoms with Gasteiger partial charge in [-0.3, -0.25) is 4.79 Å². The number of alkyl halides is 5. The average molecular weight is 285 g/mol. The van der Waals surface area contributed by atoms with Crippen LogP contribution in [0.2, 0.25) is 0 Å². The molecular formula is C10H8F5NO3. The third-order valence-electron chi connectivity index (χ3n) is 2.16. The molecule has 0 aromatic carbocycles. The van der Waals surface area contributed by atoms with E-state index in [1.807, 2.05) is 0 Å². The fourth-order valence-corrected chi connectivity index (χ4v) is 1.30. The van der Waals surface area contributed by atoms with Gasteiger partial charge in [0.05, 0.1) is 19.2 Å². The number of ether oxygens (including phenoxy) is 1. The molecule has 0 fully saturated rings. The van der Waals surface area contributed by atoms with Crippen molar-refractivity contribution in [1.82, 2.24) is 4.98 Å². The van der Waals surface area contributed by atoms with Crippen molar-refractivity contribution in [2.75, 3.05) is 7.11 Å². The Morgan fingerprint density at radius 1 is 1.47 bits per heavy atom. The Morgan fingerprint density at radius 2 is 2.05 bits per heavy atom. The molecule has 1 aromatic rings. The van der Waals surface area contributed by atoms with Gasteiger partial charge in [-0.2, -0.15) is 13.2 Å². The first kappa shape index (κ1) is 15.1. The minimum atomic E-state index is -5.02. The summed E-state index contributed by atoms with van der Waals surface area (Å²) in [6, 6.07) is 0.249. The second-order valence-corrected chi connectivity index (χ2v) is 3.44. The number of nitrogens with zero attached hydrogens (tertiary/aromatic N) is 1. The molecule has 1 aromatic heterocycles. The van der Waals surface area contributed by atoms with Crippen LogP contribution >= 0.6 is 0 Å². The van der Waals surface area contributed by atoms with E-state index >= 15 is 0 Å². The summed E-state index contributed by atoms with van der Waals surface area (Å²) in [6.45, 7) is 0. The van der Waals surface area contributed by atoms with Crippen LogP contribution in [-0.4, -0.2) is 23.2 Å². The lowest BCUT2D eigenvalue weighted by Gasteiger charge is -2.13. The Kier molecular flexibility index (Phi) is 4.28. The first-order valence-corrected chi connectivity index (χ1v) is 4.81. The van der Waals surface area contributed by atoms with Gasteiger partial charge >= 0.3 is 12.1 Å². The normalized spacial score (nSPS) is 11.7. The monoisotopic (exact) mass is 285 g/mol. The molecule has 0 amide bonds. The van der Waals surface area contributed by atoms with Gasteiger partial charge in [0.15, 0.2) is 5.69 Å². The van der Waals surface area contributed by atoms with E-state index in [-0.39, 0.29) is 6.07 Å². The lowest BCUT2D eigenvalue weighted by molar-refractivity contribution is -0.143. The smallest absolute Gasteiger partial charge is 0.437 e. The van der Waals surface area contributed by atoms with E-state index in [2.05, 4.69) is 9.72 Å². The third-order valence-corrected chi connectivity index (χ3v) is 2.16. The van der Waals surface area contributed by atoms with Crippen LogP contribution in [-0.2, 0) is 22.1 Å². The number of halogens is 5. The molecule has 0 bridgehead atoms. The lowest BCUT2D eigenvalue weighted by Crippen LogP contribution is -2.15. The van der Waals surface area contributed by atoms with Gasteiger partial charge in [0.1, 0.15) is 5.75 Å². The van der Waals surface area contributed by atoms with Gasteiger partial charge in [-0.25, -0.2) is 13.8 Å². The zero-order valence-electron chi connectivity index (χ0n) is 9.46. The lowest BCUT2D eigenvalue weighted by atomic mass is 10.1. The van der Waals surface area contributed by atoms with E-state index in [1.54, 1.807) is 0 Å².